The predicted octanol–water partition coefficient (Wildman–Crippen LogP) is 2.26. The highest BCUT2D eigenvalue weighted by Crippen LogP contribution is 2.28. The van der Waals surface area contributed by atoms with E-state index in [2.05, 4.69) is 12.2 Å². The van der Waals surface area contributed by atoms with Gasteiger partial charge in [0.1, 0.15) is 0 Å². The summed E-state index contributed by atoms with van der Waals surface area (Å²) in [6.45, 7) is 5.71. The summed E-state index contributed by atoms with van der Waals surface area (Å²) in [5.74, 6) is 0.379. The summed E-state index contributed by atoms with van der Waals surface area (Å²) in [4.78, 5) is 39.7. The van der Waals surface area contributed by atoms with E-state index in [1.807, 2.05) is 4.90 Å². The van der Waals surface area contributed by atoms with E-state index >= 15 is 0 Å². The number of hydrogen-bond donors (Lipinski definition) is 1. The Labute approximate surface area is 148 Å². The third-order valence-corrected chi connectivity index (χ3v) is 5.07. The lowest BCUT2D eigenvalue weighted by atomic mass is 9.97. The topological polar surface area (TPSA) is 69.7 Å². The monoisotopic (exact) mass is 343 g/mol. The second-order valence-corrected chi connectivity index (χ2v) is 7.14. The lowest BCUT2D eigenvalue weighted by Crippen LogP contribution is -2.42. The molecule has 3 rings (SSSR count). The van der Waals surface area contributed by atoms with E-state index in [4.69, 9.17) is 0 Å². The molecule has 0 spiro atoms. The lowest BCUT2D eigenvalue weighted by Gasteiger charge is -2.32. The largest absolute Gasteiger partial charge is 0.342 e. The van der Waals surface area contributed by atoms with Gasteiger partial charge in [0.15, 0.2) is 0 Å². The van der Waals surface area contributed by atoms with Crippen molar-refractivity contribution in [1.29, 1.82) is 0 Å². The average molecular weight is 343 g/mol. The Morgan fingerprint density at radius 1 is 1.12 bits per heavy atom. The van der Waals surface area contributed by atoms with Crippen molar-refractivity contribution in [2.45, 2.75) is 33.1 Å². The van der Waals surface area contributed by atoms with E-state index < -0.39 is 0 Å². The Hall–Kier alpha value is -2.37. The zero-order valence-electron chi connectivity index (χ0n) is 14.8. The lowest BCUT2D eigenvalue weighted by molar-refractivity contribution is -0.137. The summed E-state index contributed by atoms with van der Waals surface area (Å²) in [6.07, 6.45) is 2.36. The molecule has 0 saturated carbocycles. The van der Waals surface area contributed by atoms with Crippen molar-refractivity contribution >= 4 is 29.1 Å². The van der Waals surface area contributed by atoms with Crippen molar-refractivity contribution in [2.24, 2.45) is 11.8 Å². The van der Waals surface area contributed by atoms with Gasteiger partial charge in [0, 0.05) is 44.4 Å². The summed E-state index contributed by atoms with van der Waals surface area (Å²) in [6, 6.07) is 7.15. The van der Waals surface area contributed by atoms with Crippen LogP contribution in [0.15, 0.2) is 24.3 Å². The third kappa shape index (κ3) is 4.00. The van der Waals surface area contributed by atoms with Crippen LogP contribution in [0.2, 0.25) is 0 Å². The highest BCUT2D eigenvalue weighted by atomic mass is 16.2. The molecular weight excluding hydrogens is 318 g/mol. The first-order valence-corrected chi connectivity index (χ1v) is 8.91. The summed E-state index contributed by atoms with van der Waals surface area (Å²) >= 11 is 0. The number of likely N-dealkylation sites (tertiary alicyclic amines) is 1. The summed E-state index contributed by atoms with van der Waals surface area (Å²) in [7, 11) is 0. The van der Waals surface area contributed by atoms with Gasteiger partial charge in [-0.1, -0.05) is 6.92 Å². The van der Waals surface area contributed by atoms with Gasteiger partial charge in [0.2, 0.25) is 17.7 Å². The van der Waals surface area contributed by atoms with Gasteiger partial charge in [-0.05, 0) is 43.0 Å². The van der Waals surface area contributed by atoms with Crippen LogP contribution < -0.4 is 10.2 Å². The molecule has 6 nitrogen and oxygen atoms in total. The number of anilines is 2. The molecule has 2 heterocycles. The number of nitrogens with zero attached hydrogens (tertiary/aromatic N) is 2. The fourth-order valence-electron chi connectivity index (χ4n) is 3.54. The maximum absolute atomic E-state index is 12.7. The smallest absolute Gasteiger partial charge is 0.228 e. The highest BCUT2D eigenvalue weighted by Gasteiger charge is 2.37. The Morgan fingerprint density at radius 2 is 1.76 bits per heavy atom. The molecule has 1 aromatic rings. The van der Waals surface area contributed by atoms with Crippen LogP contribution in [0.3, 0.4) is 0 Å². The van der Waals surface area contributed by atoms with E-state index in [-0.39, 0.29) is 30.1 Å². The fourth-order valence-corrected chi connectivity index (χ4v) is 3.54. The van der Waals surface area contributed by atoms with E-state index in [9.17, 15) is 14.4 Å². The van der Waals surface area contributed by atoms with Crippen LogP contribution in [0.5, 0.6) is 0 Å². The molecule has 0 bridgehead atoms. The zero-order valence-corrected chi connectivity index (χ0v) is 14.8. The van der Waals surface area contributed by atoms with Gasteiger partial charge < -0.3 is 15.1 Å². The van der Waals surface area contributed by atoms with Crippen LogP contribution in [-0.4, -0.2) is 42.3 Å². The normalized spacial score (nSPS) is 21.5. The molecule has 0 aromatic heterocycles. The van der Waals surface area contributed by atoms with E-state index in [0.717, 1.165) is 31.6 Å². The molecule has 2 aliphatic heterocycles. The number of amides is 3. The second kappa shape index (κ2) is 7.25. The maximum Gasteiger partial charge on any atom is 0.228 e. The van der Waals surface area contributed by atoms with Crippen molar-refractivity contribution in [3.05, 3.63) is 24.3 Å². The minimum atomic E-state index is -0.254. The maximum atomic E-state index is 12.7. The Bertz CT molecular complexity index is 663. The van der Waals surface area contributed by atoms with E-state index in [1.54, 1.807) is 29.2 Å². The number of rotatable bonds is 3. The van der Waals surface area contributed by atoms with Crippen LogP contribution in [0.4, 0.5) is 11.4 Å². The molecule has 1 atom stereocenters. The van der Waals surface area contributed by atoms with Crippen molar-refractivity contribution in [2.75, 3.05) is 29.9 Å². The summed E-state index contributed by atoms with van der Waals surface area (Å²) in [5, 5.41) is 2.70. The van der Waals surface area contributed by atoms with Crippen molar-refractivity contribution < 1.29 is 14.4 Å². The van der Waals surface area contributed by atoms with Crippen molar-refractivity contribution in [3.8, 4) is 0 Å². The molecule has 2 aliphatic rings. The van der Waals surface area contributed by atoms with Gasteiger partial charge in [0.25, 0.3) is 0 Å². The van der Waals surface area contributed by atoms with Crippen LogP contribution in [0, 0.1) is 11.8 Å². The first-order valence-electron chi connectivity index (χ1n) is 8.91. The average Bonchev–Trinajstić information content (AvgIpc) is 2.97. The molecular formula is C19H25N3O3. The van der Waals surface area contributed by atoms with Gasteiger partial charge in [-0.2, -0.15) is 0 Å². The summed E-state index contributed by atoms with van der Waals surface area (Å²) < 4.78 is 0. The minimum Gasteiger partial charge on any atom is -0.342 e. The number of carbonyl (C=O) groups excluding carboxylic acids is 3. The Balaban J connectivity index is 1.64. The van der Waals surface area contributed by atoms with Gasteiger partial charge in [-0.25, -0.2) is 0 Å². The molecule has 3 amide bonds. The molecule has 1 N–H and O–H groups in total. The minimum absolute atomic E-state index is 0.0176. The van der Waals surface area contributed by atoms with Crippen LogP contribution in [-0.2, 0) is 14.4 Å². The predicted molar refractivity (Wildman–Crippen MR) is 96.2 cm³/mol. The quantitative estimate of drug-likeness (QED) is 0.915. The third-order valence-electron chi connectivity index (χ3n) is 5.07. The fraction of sp³-hybridized carbons (Fsp3) is 0.526. The van der Waals surface area contributed by atoms with Gasteiger partial charge >= 0.3 is 0 Å². The van der Waals surface area contributed by atoms with Crippen LogP contribution >= 0.6 is 0 Å². The molecule has 0 radical (unpaired) electrons. The number of benzene rings is 1. The number of piperidine rings is 1. The van der Waals surface area contributed by atoms with Crippen LogP contribution in [0.25, 0.3) is 0 Å². The van der Waals surface area contributed by atoms with Gasteiger partial charge in [0.05, 0.1) is 5.92 Å². The molecule has 2 saturated heterocycles. The highest BCUT2D eigenvalue weighted by molar-refractivity contribution is 6.00. The van der Waals surface area contributed by atoms with Gasteiger partial charge in [-0.3, -0.25) is 14.4 Å². The molecule has 0 unspecified atom stereocenters. The van der Waals surface area contributed by atoms with Crippen molar-refractivity contribution in [1.82, 2.24) is 4.90 Å². The molecule has 25 heavy (non-hydrogen) atoms. The molecule has 2 fully saturated rings. The number of hydrogen-bond acceptors (Lipinski definition) is 3. The Morgan fingerprint density at radius 3 is 2.36 bits per heavy atom. The van der Waals surface area contributed by atoms with E-state index in [0.29, 0.717) is 18.2 Å². The Kier molecular flexibility index (Phi) is 5.06. The summed E-state index contributed by atoms with van der Waals surface area (Å²) in [5.41, 5.74) is 1.46. The standard InChI is InChI=1S/C19H25N3O3/c1-13-7-9-21(10-8-13)19(25)15-11-18(24)22(12-15)17-5-3-16(4-6-17)20-14(2)23/h3-6,13,15H,7-12H2,1-2H3,(H,20,23)/t15-/m1/s1. The SMILES string of the molecule is CC(=O)Nc1ccc(N2C[C@H](C(=O)N3CCC(C)CC3)CC2=O)cc1. The van der Waals surface area contributed by atoms with Gasteiger partial charge in [-0.15, -0.1) is 0 Å². The van der Waals surface area contributed by atoms with Crippen molar-refractivity contribution in [3.63, 3.8) is 0 Å². The number of carbonyl (C=O) groups is 3. The zero-order chi connectivity index (χ0) is 18.0. The molecule has 1 aromatic carbocycles. The van der Waals surface area contributed by atoms with E-state index in [1.165, 1.54) is 6.92 Å². The number of nitrogens with one attached hydrogen (secondary N) is 1. The molecule has 134 valence electrons. The first kappa shape index (κ1) is 17.5. The molecule has 6 heteroatoms. The first-order chi connectivity index (χ1) is 11.9. The second-order valence-electron chi connectivity index (χ2n) is 7.14. The van der Waals surface area contributed by atoms with Crippen LogP contribution in [0.1, 0.15) is 33.1 Å². The molecule has 0 aliphatic carbocycles.